The van der Waals surface area contributed by atoms with E-state index in [1.54, 1.807) is 0 Å². The van der Waals surface area contributed by atoms with E-state index in [2.05, 4.69) is 47.1 Å². The lowest BCUT2D eigenvalue weighted by Gasteiger charge is -2.06. The molecule has 0 fully saturated rings. The van der Waals surface area contributed by atoms with Gasteiger partial charge in [0.05, 0.1) is 0 Å². The molecule has 0 aliphatic rings. The smallest absolute Gasteiger partial charge is 0.306 e. The fourth-order valence-electron chi connectivity index (χ4n) is 2.31. The Kier molecular flexibility index (Phi) is 11.1. The lowest BCUT2D eigenvalue weighted by Crippen LogP contribution is -2.04. The fourth-order valence-corrected chi connectivity index (χ4v) is 2.71. The number of hydrogen-bond donors (Lipinski definition) is 0. The minimum absolute atomic E-state index is 0.0736. The summed E-state index contributed by atoms with van der Waals surface area (Å²) in [5, 5.41) is 1.08. The average Bonchev–Trinajstić information content (AvgIpc) is 2.55. The highest BCUT2D eigenvalue weighted by Gasteiger charge is 2.03. The van der Waals surface area contributed by atoms with Gasteiger partial charge in [0.15, 0.2) is 0 Å². The SMILES string of the molecule is CCCCc1ccc(COC(=O)CCCCCCCBr)cc1. The summed E-state index contributed by atoms with van der Waals surface area (Å²) in [4.78, 5) is 11.7. The molecule has 0 aromatic heterocycles. The van der Waals surface area contributed by atoms with Crippen molar-refractivity contribution in [3.05, 3.63) is 35.4 Å². The number of hydrogen-bond acceptors (Lipinski definition) is 2. The highest BCUT2D eigenvalue weighted by Crippen LogP contribution is 2.11. The Morgan fingerprint density at radius 2 is 1.59 bits per heavy atom. The fraction of sp³-hybridized carbons (Fsp3) is 0.632. The summed E-state index contributed by atoms with van der Waals surface area (Å²) < 4.78 is 5.33. The molecule has 0 radical (unpaired) electrons. The number of halogens is 1. The molecule has 0 spiro atoms. The molecule has 0 N–H and O–H groups in total. The van der Waals surface area contributed by atoms with Crippen molar-refractivity contribution in [1.82, 2.24) is 0 Å². The van der Waals surface area contributed by atoms with Gasteiger partial charge in [-0.15, -0.1) is 0 Å². The van der Waals surface area contributed by atoms with E-state index >= 15 is 0 Å². The number of aryl methyl sites for hydroxylation is 1. The van der Waals surface area contributed by atoms with E-state index in [9.17, 15) is 4.79 Å². The predicted octanol–water partition coefficient (Wildman–Crippen LogP) is 5.81. The number of carbonyl (C=O) groups is 1. The molecule has 0 aliphatic carbocycles. The molecule has 0 saturated heterocycles. The number of benzene rings is 1. The van der Waals surface area contributed by atoms with Crippen LogP contribution in [-0.4, -0.2) is 11.3 Å². The minimum atomic E-state index is -0.0736. The summed E-state index contributed by atoms with van der Waals surface area (Å²) in [6, 6.07) is 8.42. The Bertz CT molecular complexity index is 400. The first kappa shape index (κ1) is 19.2. The lowest BCUT2D eigenvalue weighted by molar-refractivity contribution is -0.145. The second-order valence-electron chi connectivity index (χ2n) is 5.79. The van der Waals surface area contributed by atoms with Crippen LogP contribution in [-0.2, 0) is 22.6 Å². The molecule has 22 heavy (non-hydrogen) atoms. The van der Waals surface area contributed by atoms with Gasteiger partial charge in [0.1, 0.15) is 6.61 Å². The van der Waals surface area contributed by atoms with Crippen LogP contribution in [0.1, 0.15) is 69.4 Å². The summed E-state index contributed by atoms with van der Waals surface area (Å²) in [5.74, 6) is -0.0736. The maximum absolute atomic E-state index is 11.7. The number of carbonyl (C=O) groups excluding carboxylic acids is 1. The number of ether oxygens (including phenoxy) is 1. The van der Waals surface area contributed by atoms with E-state index in [-0.39, 0.29) is 5.97 Å². The third-order valence-corrected chi connectivity index (χ3v) is 4.32. The number of unbranched alkanes of at least 4 members (excludes halogenated alkanes) is 5. The molecular weight excluding hydrogens is 340 g/mol. The van der Waals surface area contributed by atoms with Crippen molar-refractivity contribution >= 4 is 21.9 Å². The maximum Gasteiger partial charge on any atom is 0.306 e. The van der Waals surface area contributed by atoms with Crippen LogP contribution in [0.3, 0.4) is 0 Å². The first-order chi connectivity index (χ1) is 10.8. The molecule has 1 aromatic rings. The van der Waals surface area contributed by atoms with Crippen LogP contribution in [0, 0.1) is 0 Å². The van der Waals surface area contributed by atoms with Gasteiger partial charge in [-0.2, -0.15) is 0 Å². The average molecular weight is 369 g/mol. The first-order valence-electron chi connectivity index (χ1n) is 8.55. The van der Waals surface area contributed by atoms with Gasteiger partial charge < -0.3 is 4.74 Å². The first-order valence-corrected chi connectivity index (χ1v) is 9.67. The van der Waals surface area contributed by atoms with Crippen LogP contribution in [0.5, 0.6) is 0 Å². The molecule has 0 aliphatic heterocycles. The van der Waals surface area contributed by atoms with Crippen molar-refractivity contribution in [2.45, 2.75) is 71.3 Å². The van der Waals surface area contributed by atoms with Gasteiger partial charge in [0.2, 0.25) is 0 Å². The lowest BCUT2D eigenvalue weighted by atomic mass is 10.1. The largest absolute Gasteiger partial charge is 0.461 e. The molecule has 124 valence electrons. The number of rotatable bonds is 12. The zero-order valence-corrected chi connectivity index (χ0v) is 15.4. The molecule has 0 saturated carbocycles. The summed E-state index contributed by atoms with van der Waals surface area (Å²) >= 11 is 3.43. The number of alkyl halides is 1. The van der Waals surface area contributed by atoms with Gasteiger partial charge in [-0.3, -0.25) is 4.79 Å². The minimum Gasteiger partial charge on any atom is -0.461 e. The van der Waals surface area contributed by atoms with Crippen LogP contribution in [0.2, 0.25) is 0 Å². The Balaban J connectivity index is 2.12. The molecular formula is C19H29BrO2. The van der Waals surface area contributed by atoms with E-state index in [0.717, 1.165) is 30.2 Å². The van der Waals surface area contributed by atoms with Crippen molar-refractivity contribution in [1.29, 1.82) is 0 Å². The van der Waals surface area contributed by atoms with E-state index in [1.165, 1.54) is 37.7 Å². The third-order valence-electron chi connectivity index (χ3n) is 3.76. The highest BCUT2D eigenvalue weighted by molar-refractivity contribution is 9.09. The van der Waals surface area contributed by atoms with Crippen LogP contribution in [0.25, 0.3) is 0 Å². The molecule has 0 atom stereocenters. The molecule has 1 rings (SSSR count). The van der Waals surface area contributed by atoms with Crippen molar-refractivity contribution < 1.29 is 9.53 Å². The Morgan fingerprint density at radius 1 is 0.955 bits per heavy atom. The van der Waals surface area contributed by atoms with Crippen molar-refractivity contribution in [2.75, 3.05) is 5.33 Å². The molecule has 0 amide bonds. The van der Waals surface area contributed by atoms with E-state index in [0.29, 0.717) is 13.0 Å². The standard InChI is InChI=1S/C19H29BrO2/c1-2-3-9-17-11-13-18(14-12-17)16-22-19(21)10-7-5-4-6-8-15-20/h11-14H,2-10,15-16H2,1H3. The summed E-state index contributed by atoms with van der Waals surface area (Å²) in [7, 11) is 0. The summed E-state index contributed by atoms with van der Waals surface area (Å²) in [6.07, 6.45) is 9.85. The van der Waals surface area contributed by atoms with Gasteiger partial charge >= 0.3 is 5.97 Å². The van der Waals surface area contributed by atoms with Gasteiger partial charge in [0, 0.05) is 11.8 Å². The van der Waals surface area contributed by atoms with Crippen LogP contribution in [0.15, 0.2) is 24.3 Å². The van der Waals surface area contributed by atoms with E-state index < -0.39 is 0 Å². The monoisotopic (exact) mass is 368 g/mol. The zero-order valence-electron chi connectivity index (χ0n) is 13.8. The van der Waals surface area contributed by atoms with Crippen LogP contribution in [0.4, 0.5) is 0 Å². The van der Waals surface area contributed by atoms with Crippen molar-refractivity contribution in [3.63, 3.8) is 0 Å². The Labute approximate surface area is 143 Å². The van der Waals surface area contributed by atoms with Gasteiger partial charge in [-0.25, -0.2) is 0 Å². The topological polar surface area (TPSA) is 26.3 Å². The predicted molar refractivity (Wildman–Crippen MR) is 96.3 cm³/mol. The molecule has 2 nitrogen and oxygen atoms in total. The molecule has 0 unspecified atom stereocenters. The number of esters is 1. The Hall–Kier alpha value is -0.830. The second-order valence-corrected chi connectivity index (χ2v) is 6.58. The van der Waals surface area contributed by atoms with E-state index in [1.807, 2.05) is 0 Å². The summed E-state index contributed by atoms with van der Waals surface area (Å²) in [5.41, 5.74) is 2.44. The van der Waals surface area contributed by atoms with Gasteiger partial charge in [0.25, 0.3) is 0 Å². The third kappa shape index (κ3) is 9.24. The normalized spacial score (nSPS) is 10.6. The molecule has 0 heterocycles. The Morgan fingerprint density at radius 3 is 2.27 bits per heavy atom. The van der Waals surface area contributed by atoms with Gasteiger partial charge in [-0.05, 0) is 36.8 Å². The summed E-state index contributed by atoms with van der Waals surface area (Å²) in [6.45, 7) is 2.60. The molecule has 1 aromatic carbocycles. The van der Waals surface area contributed by atoms with Gasteiger partial charge in [-0.1, -0.05) is 72.8 Å². The van der Waals surface area contributed by atoms with E-state index in [4.69, 9.17) is 4.74 Å². The van der Waals surface area contributed by atoms with Crippen LogP contribution < -0.4 is 0 Å². The quantitative estimate of drug-likeness (QED) is 0.264. The molecule has 0 bridgehead atoms. The molecule has 3 heteroatoms. The zero-order chi connectivity index (χ0) is 16.0. The van der Waals surface area contributed by atoms with Crippen LogP contribution >= 0.6 is 15.9 Å². The van der Waals surface area contributed by atoms with Crippen molar-refractivity contribution in [2.24, 2.45) is 0 Å². The highest BCUT2D eigenvalue weighted by atomic mass is 79.9. The second kappa shape index (κ2) is 12.7. The van der Waals surface area contributed by atoms with Crippen molar-refractivity contribution in [3.8, 4) is 0 Å². The maximum atomic E-state index is 11.7.